The first-order valence-electron chi connectivity index (χ1n) is 8.34. The van der Waals surface area contributed by atoms with Gasteiger partial charge in [0.1, 0.15) is 18.5 Å². The Morgan fingerprint density at radius 3 is 2.88 bits per heavy atom. The number of carbonyl (C=O) groups excluding carboxylic acids is 1. The summed E-state index contributed by atoms with van der Waals surface area (Å²) in [7, 11) is 0. The smallest absolute Gasteiger partial charge is 0.216 e. The normalized spacial score (nSPS) is 12.5. The maximum Gasteiger partial charge on any atom is 0.216 e. The summed E-state index contributed by atoms with van der Waals surface area (Å²) in [5.41, 5.74) is 2.16. The Bertz CT molecular complexity index is 667. The zero-order valence-corrected chi connectivity index (χ0v) is 14.6. The van der Waals surface area contributed by atoms with Crippen LogP contribution in [0, 0.1) is 0 Å². The van der Waals surface area contributed by atoms with Crippen LogP contribution >= 0.6 is 0 Å². The number of ether oxygens (including phenoxy) is 1. The zero-order chi connectivity index (χ0) is 17.5. The molecule has 2 aromatic rings. The van der Waals surface area contributed by atoms with Crippen molar-refractivity contribution in [3.8, 4) is 5.75 Å². The second-order valence-electron chi connectivity index (χ2n) is 6.28. The number of aromatic amines is 1. The van der Waals surface area contributed by atoms with E-state index < -0.39 is 6.10 Å². The molecule has 1 amide bonds. The lowest BCUT2D eigenvalue weighted by Gasteiger charge is -2.15. The van der Waals surface area contributed by atoms with Crippen LogP contribution < -0.4 is 15.4 Å². The van der Waals surface area contributed by atoms with Crippen molar-refractivity contribution in [3.63, 3.8) is 0 Å². The highest BCUT2D eigenvalue weighted by Crippen LogP contribution is 2.24. The Balaban J connectivity index is 1.95. The molecule has 132 valence electrons. The molecular formula is C18H27N3O3. The van der Waals surface area contributed by atoms with Crippen molar-refractivity contribution in [1.82, 2.24) is 15.6 Å². The summed E-state index contributed by atoms with van der Waals surface area (Å²) in [5.74, 6) is 0.703. The van der Waals surface area contributed by atoms with E-state index in [-0.39, 0.29) is 12.5 Å². The van der Waals surface area contributed by atoms with E-state index in [1.807, 2.05) is 38.2 Å². The largest absolute Gasteiger partial charge is 0.491 e. The summed E-state index contributed by atoms with van der Waals surface area (Å²) in [6, 6.07) is 6.16. The van der Waals surface area contributed by atoms with Gasteiger partial charge in [-0.2, -0.15) is 0 Å². The van der Waals surface area contributed by atoms with Gasteiger partial charge in [0.05, 0.1) is 0 Å². The number of rotatable bonds is 9. The highest BCUT2D eigenvalue weighted by molar-refractivity contribution is 5.84. The molecule has 24 heavy (non-hydrogen) atoms. The molecule has 2 rings (SSSR count). The molecule has 1 heterocycles. The molecule has 6 heteroatoms. The van der Waals surface area contributed by atoms with Crippen molar-refractivity contribution < 1.29 is 14.6 Å². The quantitative estimate of drug-likeness (QED) is 0.561. The van der Waals surface area contributed by atoms with Gasteiger partial charge in [-0.25, -0.2) is 0 Å². The van der Waals surface area contributed by atoms with Crippen LogP contribution in [0.2, 0.25) is 0 Å². The summed E-state index contributed by atoms with van der Waals surface area (Å²) in [6.45, 7) is 6.95. The van der Waals surface area contributed by atoms with E-state index in [4.69, 9.17) is 4.74 Å². The summed E-state index contributed by atoms with van der Waals surface area (Å²) in [5, 5.41) is 17.0. The number of nitrogens with one attached hydrogen (secondary N) is 3. The van der Waals surface area contributed by atoms with Gasteiger partial charge in [-0.15, -0.1) is 0 Å². The number of carbonyl (C=O) groups is 1. The van der Waals surface area contributed by atoms with Crippen LogP contribution in [0.1, 0.15) is 26.3 Å². The third kappa shape index (κ3) is 5.54. The fourth-order valence-corrected chi connectivity index (χ4v) is 2.45. The van der Waals surface area contributed by atoms with Crippen molar-refractivity contribution >= 4 is 16.8 Å². The Hall–Kier alpha value is -2.05. The molecule has 0 bridgehead atoms. The number of aromatic nitrogens is 1. The Kier molecular flexibility index (Phi) is 6.63. The minimum atomic E-state index is -0.548. The van der Waals surface area contributed by atoms with E-state index in [0.29, 0.717) is 19.1 Å². The fourth-order valence-electron chi connectivity index (χ4n) is 2.45. The first-order valence-corrected chi connectivity index (χ1v) is 8.34. The average Bonchev–Trinajstić information content (AvgIpc) is 2.93. The number of hydrogen-bond donors (Lipinski definition) is 4. The van der Waals surface area contributed by atoms with Crippen LogP contribution in [0.25, 0.3) is 10.9 Å². The number of aliphatic hydroxyl groups excluding tert-OH is 1. The number of aliphatic hydroxyl groups is 1. The molecule has 0 saturated carbocycles. The molecule has 1 aromatic heterocycles. The third-order valence-electron chi connectivity index (χ3n) is 3.71. The molecule has 6 nitrogen and oxygen atoms in total. The van der Waals surface area contributed by atoms with E-state index >= 15 is 0 Å². The lowest BCUT2D eigenvalue weighted by molar-refractivity contribution is -0.118. The van der Waals surface area contributed by atoms with Gasteiger partial charge in [0.2, 0.25) is 5.91 Å². The molecule has 0 saturated heterocycles. The van der Waals surface area contributed by atoms with Gasteiger partial charge < -0.3 is 25.5 Å². The minimum Gasteiger partial charge on any atom is -0.491 e. The van der Waals surface area contributed by atoms with Gasteiger partial charge in [-0.05, 0) is 30.2 Å². The van der Waals surface area contributed by atoms with E-state index in [1.54, 1.807) is 0 Å². The maximum atomic E-state index is 11.0. The summed E-state index contributed by atoms with van der Waals surface area (Å²) < 4.78 is 5.70. The second kappa shape index (κ2) is 8.70. The standard InChI is InChI=1S/C18H27N3O3/c1-12(2)20-10-15(23)11-24-16-4-5-18-17(8-16)14(9-21-18)6-7-19-13(3)22/h4-5,8-9,12,15,20-21,23H,6-7,10-11H2,1-3H3,(H,19,22)/t15-/m0/s1. The van der Waals surface area contributed by atoms with Gasteiger partial charge >= 0.3 is 0 Å². The fraction of sp³-hybridized carbons (Fsp3) is 0.500. The second-order valence-corrected chi connectivity index (χ2v) is 6.28. The summed E-state index contributed by atoms with van der Waals surface area (Å²) in [4.78, 5) is 14.2. The molecule has 4 N–H and O–H groups in total. The molecule has 0 aliphatic heterocycles. The van der Waals surface area contributed by atoms with Crippen LogP contribution in [0.3, 0.4) is 0 Å². The monoisotopic (exact) mass is 333 g/mol. The van der Waals surface area contributed by atoms with Crippen molar-refractivity contribution in [2.45, 2.75) is 39.3 Å². The molecule has 1 aromatic carbocycles. The molecule has 0 aliphatic rings. The van der Waals surface area contributed by atoms with Gasteiger partial charge in [0, 0.05) is 43.2 Å². The number of hydrogen-bond acceptors (Lipinski definition) is 4. The first-order chi connectivity index (χ1) is 11.5. The van der Waals surface area contributed by atoms with Crippen molar-refractivity contribution in [2.24, 2.45) is 0 Å². The topological polar surface area (TPSA) is 86.4 Å². The average molecular weight is 333 g/mol. The minimum absolute atomic E-state index is 0.0251. The van der Waals surface area contributed by atoms with Crippen LogP contribution in [0.4, 0.5) is 0 Å². The van der Waals surface area contributed by atoms with Crippen LogP contribution in [-0.4, -0.2) is 47.8 Å². The van der Waals surface area contributed by atoms with Crippen molar-refractivity contribution in [2.75, 3.05) is 19.7 Å². The van der Waals surface area contributed by atoms with Gasteiger partial charge in [-0.1, -0.05) is 13.8 Å². The Labute approximate surface area is 142 Å². The predicted molar refractivity (Wildman–Crippen MR) is 95.3 cm³/mol. The maximum absolute atomic E-state index is 11.0. The Morgan fingerprint density at radius 1 is 1.38 bits per heavy atom. The molecule has 0 spiro atoms. The van der Waals surface area contributed by atoms with E-state index in [1.165, 1.54) is 6.92 Å². The summed E-state index contributed by atoms with van der Waals surface area (Å²) in [6.07, 6.45) is 2.16. The highest BCUT2D eigenvalue weighted by atomic mass is 16.5. The van der Waals surface area contributed by atoms with Crippen molar-refractivity contribution in [3.05, 3.63) is 30.0 Å². The van der Waals surface area contributed by atoms with Gasteiger partial charge in [0.25, 0.3) is 0 Å². The molecule has 0 unspecified atom stereocenters. The molecular weight excluding hydrogens is 306 g/mol. The number of benzene rings is 1. The lowest BCUT2D eigenvalue weighted by Crippen LogP contribution is -2.35. The first kappa shape index (κ1) is 18.3. The zero-order valence-electron chi connectivity index (χ0n) is 14.6. The summed E-state index contributed by atoms with van der Waals surface area (Å²) >= 11 is 0. The van der Waals surface area contributed by atoms with E-state index in [9.17, 15) is 9.90 Å². The third-order valence-corrected chi connectivity index (χ3v) is 3.71. The number of fused-ring (bicyclic) bond motifs is 1. The van der Waals surface area contributed by atoms with Gasteiger partial charge in [0.15, 0.2) is 0 Å². The number of H-pyrrole nitrogens is 1. The van der Waals surface area contributed by atoms with E-state index in [2.05, 4.69) is 15.6 Å². The molecule has 1 atom stereocenters. The highest BCUT2D eigenvalue weighted by Gasteiger charge is 2.09. The molecule has 0 aliphatic carbocycles. The van der Waals surface area contributed by atoms with Crippen molar-refractivity contribution in [1.29, 1.82) is 0 Å². The predicted octanol–water partition coefficient (Wildman–Crippen LogP) is 1.58. The molecule has 0 radical (unpaired) electrons. The van der Waals surface area contributed by atoms with Gasteiger partial charge in [-0.3, -0.25) is 4.79 Å². The van der Waals surface area contributed by atoms with Crippen LogP contribution in [0.15, 0.2) is 24.4 Å². The lowest BCUT2D eigenvalue weighted by atomic mass is 10.1. The van der Waals surface area contributed by atoms with E-state index in [0.717, 1.165) is 28.6 Å². The Morgan fingerprint density at radius 2 is 2.17 bits per heavy atom. The number of amides is 1. The SMILES string of the molecule is CC(=O)NCCc1c[nH]c2ccc(OC[C@@H](O)CNC(C)C)cc12. The van der Waals surface area contributed by atoms with Crippen LogP contribution in [-0.2, 0) is 11.2 Å². The van der Waals surface area contributed by atoms with Crippen LogP contribution in [0.5, 0.6) is 5.75 Å². The molecule has 0 fully saturated rings.